The molecule has 0 aromatic carbocycles. The molecule has 7 heteroatoms. The smallest absolute Gasteiger partial charge is 0.230 e. The lowest BCUT2D eigenvalue weighted by Gasteiger charge is -2.31. The lowest BCUT2D eigenvalue weighted by molar-refractivity contribution is 0.115. The Labute approximate surface area is 147 Å². The minimum absolute atomic E-state index is 0.266. The molecule has 0 bridgehead atoms. The van der Waals surface area contributed by atoms with E-state index in [0.29, 0.717) is 37.4 Å². The molecule has 4 rings (SSSR count). The van der Waals surface area contributed by atoms with Crippen molar-refractivity contribution in [3.8, 4) is 5.88 Å². The van der Waals surface area contributed by atoms with Gasteiger partial charge in [0, 0.05) is 31.3 Å². The number of likely N-dealkylation sites (tertiary alicyclic amines) is 1. The number of rotatable bonds is 6. The summed E-state index contributed by atoms with van der Waals surface area (Å²) in [5, 5.41) is 8.42. The van der Waals surface area contributed by atoms with E-state index in [1.807, 2.05) is 18.2 Å². The predicted octanol–water partition coefficient (Wildman–Crippen LogP) is 2.26. The van der Waals surface area contributed by atoms with Crippen LogP contribution < -0.4 is 4.74 Å². The average Bonchev–Trinajstić information content (AvgIpc) is 3.33. The van der Waals surface area contributed by atoms with Crippen LogP contribution in [0.5, 0.6) is 5.88 Å². The van der Waals surface area contributed by atoms with Gasteiger partial charge in [-0.25, -0.2) is 4.98 Å². The molecule has 0 amide bonds. The van der Waals surface area contributed by atoms with Gasteiger partial charge >= 0.3 is 0 Å². The van der Waals surface area contributed by atoms with Gasteiger partial charge in [0.1, 0.15) is 0 Å². The van der Waals surface area contributed by atoms with Gasteiger partial charge in [-0.2, -0.15) is 0 Å². The molecule has 25 heavy (non-hydrogen) atoms. The average molecular weight is 344 g/mol. The Morgan fingerprint density at radius 2 is 2.24 bits per heavy atom. The lowest BCUT2D eigenvalue weighted by Crippen LogP contribution is -2.37. The van der Waals surface area contributed by atoms with Crippen molar-refractivity contribution in [1.29, 1.82) is 0 Å². The molecule has 0 N–H and O–H groups in total. The van der Waals surface area contributed by atoms with Crippen LogP contribution in [-0.2, 0) is 11.3 Å². The zero-order chi connectivity index (χ0) is 16.9. The molecule has 2 aliphatic heterocycles. The van der Waals surface area contributed by atoms with E-state index in [1.54, 1.807) is 6.20 Å². The standard InChI is InChI=1S/C18H24N4O3/c1-2-7-19-16(5-1)24-12-14-4-3-8-22(10-14)11-17-20-21-18(25-17)15-6-9-23-13-15/h1-2,5,7,14-15H,3-4,6,8-13H2. The van der Waals surface area contributed by atoms with Crippen molar-refractivity contribution in [3.05, 3.63) is 36.2 Å². The van der Waals surface area contributed by atoms with E-state index in [2.05, 4.69) is 20.1 Å². The van der Waals surface area contributed by atoms with Crippen LogP contribution in [0.4, 0.5) is 0 Å². The highest BCUT2D eigenvalue weighted by molar-refractivity contribution is 5.09. The van der Waals surface area contributed by atoms with E-state index in [9.17, 15) is 0 Å². The monoisotopic (exact) mass is 344 g/mol. The summed E-state index contributed by atoms with van der Waals surface area (Å²) in [6, 6.07) is 5.73. The first kappa shape index (κ1) is 16.5. The first-order valence-corrected chi connectivity index (χ1v) is 9.03. The van der Waals surface area contributed by atoms with Crippen molar-refractivity contribution in [2.24, 2.45) is 5.92 Å². The topological polar surface area (TPSA) is 73.5 Å². The maximum Gasteiger partial charge on any atom is 0.230 e. The van der Waals surface area contributed by atoms with Crippen LogP contribution in [0.1, 0.15) is 37.0 Å². The fourth-order valence-electron chi connectivity index (χ4n) is 3.48. The first-order chi connectivity index (χ1) is 12.4. The van der Waals surface area contributed by atoms with Crippen molar-refractivity contribution in [2.45, 2.75) is 31.7 Å². The maximum absolute atomic E-state index is 5.85. The van der Waals surface area contributed by atoms with Crippen LogP contribution in [0.25, 0.3) is 0 Å². The number of piperidine rings is 1. The Morgan fingerprint density at radius 3 is 3.08 bits per heavy atom. The van der Waals surface area contributed by atoms with Gasteiger partial charge in [-0.15, -0.1) is 10.2 Å². The van der Waals surface area contributed by atoms with Crippen molar-refractivity contribution >= 4 is 0 Å². The zero-order valence-electron chi connectivity index (χ0n) is 14.3. The van der Waals surface area contributed by atoms with E-state index in [0.717, 1.165) is 38.4 Å². The molecular weight excluding hydrogens is 320 g/mol. The highest BCUT2D eigenvalue weighted by Gasteiger charge is 2.25. The highest BCUT2D eigenvalue weighted by atomic mass is 16.5. The molecular formula is C18H24N4O3. The largest absolute Gasteiger partial charge is 0.477 e. The Hall–Kier alpha value is -1.99. The second kappa shape index (κ2) is 7.93. The van der Waals surface area contributed by atoms with Crippen LogP contribution in [0, 0.1) is 5.92 Å². The summed E-state index contributed by atoms with van der Waals surface area (Å²) in [6.45, 7) is 4.93. The van der Waals surface area contributed by atoms with E-state index in [4.69, 9.17) is 13.9 Å². The van der Waals surface area contributed by atoms with Gasteiger partial charge in [0.15, 0.2) is 0 Å². The summed E-state index contributed by atoms with van der Waals surface area (Å²) in [7, 11) is 0. The number of ether oxygens (including phenoxy) is 2. The molecule has 0 saturated carbocycles. The number of hydrogen-bond donors (Lipinski definition) is 0. The van der Waals surface area contributed by atoms with Crippen LogP contribution in [-0.4, -0.2) is 53.0 Å². The number of nitrogens with zero attached hydrogens (tertiary/aromatic N) is 4. The maximum atomic E-state index is 5.85. The van der Waals surface area contributed by atoms with Gasteiger partial charge in [-0.3, -0.25) is 4.90 Å². The third-order valence-corrected chi connectivity index (χ3v) is 4.83. The summed E-state index contributed by atoms with van der Waals surface area (Å²) in [5.41, 5.74) is 0. The quantitative estimate of drug-likeness (QED) is 0.796. The minimum Gasteiger partial charge on any atom is -0.477 e. The highest BCUT2D eigenvalue weighted by Crippen LogP contribution is 2.25. The summed E-state index contributed by atoms with van der Waals surface area (Å²) < 4.78 is 17.1. The second-order valence-electron chi connectivity index (χ2n) is 6.82. The third-order valence-electron chi connectivity index (χ3n) is 4.83. The molecule has 2 saturated heterocycles. The first-order valence-electron chi connectivity index (χ1n) is 9.03. The summed E-state index contributed by atoms with van der Waals surface area (Å²) in [4.78, 5) is 6.58. The zero-order valence-corrected chi connectivity index (χ0v) is 14.3. The molecule has 2 atom stereocenters. The molecule has 7 nitrogen and oxygen atoms in total. The van der Waals surface area contributed by atoms with Gasteiger partial charge in [0.05, 0.1) is 25.7 Å². The SMILES string of the molecule is c1ccc(OCC2CCCN(Cc3nnc(C4CCOC4)o3)C2)nc1. The molecule has 2 unspecified atom stereocenters. The van der Waals surface area contributed by atoms with Crippen LogP contribution in [0.15, 0.2) is 28.8 Å². The van der Waals surface area contributed by atoms with Gasteiger partial charge in [-0.1, -0.05) is 6.07 Å². The van der Waals surface area contributed by atoms with Crippen molar-refractivity contribution in [3.63, 3.8) is 0 Å². The normalized spacial score (nSPS) is 24.5. The third kappa shape index (κ3) is 4.35. The molecule has 2 aromatic rings. The Kier molecular flexibility index (Phi) is 5.22. The number of hydrogen-bond acceptors (Lipinski definition) is 7. The lowest BCUT2D eigenvalue weighted by atomic mass is 9.99. The summed E-state index contributed by atoms with van der Waals surface area (Å²) in [5.74, 6) is 2.89. The molecule has 2 aliphatic rings. The molecule has 2 aromatic heterocycles. The fourth-order valence-corrected chi connectivity index (χ4v) is 3.48. The van der Waals surface area contributed by atoms with Gasteiger partial charge < -0.3 is 13.9 Å². The van der Waals surface area contributed by atoms with Gasteiger partial charge in [-0.05, 0) is 31.9 Å². The second-order valence-corrected chi connectivity index (χ2v) is 6.82. The fraction of sp³-hybridized carbons (Fsp3) is 0.611. The van der Waals surface area contributed by atoms with Crippen molar-refractivity contribution in [2.75, 3.05) is 32.9 Å². The Bertz CT molecular complexity index is 657. The molecule has 2 fully saturated rings. The molecule has 0 aliphatic carbocycles. The van der Waals surface area contributed by atoms with Crippen LogP contribution in [0.2, 0.25) is 0 Å². The number of aromatic nitrogens is 3. The summed E-state index contributed by atoms with van der Waals surface area (Å²) in [6.07, 6.45) is 5.06. The van der Waals surface area contributed by atoms with Crippen LogP contribution in [0.3, 0.4) is 0 Å². The van der Waals surface area contributed by atoms with Gasteiger partial charge in [0.2, 0.25) is 17.7 Å². The van der Waals surface area contributed by atoms with Gasteiger partial charge in [0.25, 0.3) is 0 Å². The van der Waals surface area contributed by atoms with E-state index < -0.39 is 0 Å². The molecule has 0 radical (unpaired) electrons. The predicted molar refractivity (Wildman–Crippen MR) is 90.2 cm³/mol. The molecule has 134 valence electrons. The Balaban J connectivity index is 1.28. The van der Waals surface area contributed by atoms with Crippen LogP contribution >= 0.6 is 0 Å². The molecule has 4 heterocycles. The van der Waals surface area contributed by atoms with E-state index >= 15 is 0 Å². The Morgan fingerprint density at radius 1 is 1.24 bits per heavy atom. The van der Waals surface area contributed by atoms with E-state index in [-0.39, 0.29) is 5.92 Å². The van der Waals surface area contributed by atoms with Crippen molar-refractivity contribution in [1.82, 2.24) is 20.1 Å². The molecule has 0 spiro atoms. The van der Waals surface area contributed by atoms with E-state index in [1.165, 1.54) is 6.42 Å². The number of pyridine rings is 1. The summed E-state index contributed by atoms with van der Waals surface area (Å²) >= 11 is 0. The van der Waals surface area contributed by atoms with Crippen molar-refractivity contribution < 1.29 is 13.9 Å². The minimum atomic E-state index is 0.266.